The zero-order valence-electron chi connectivity index (χ0n) is 9.77. The van der Waals surface area contributed by atoms with Crippen molar-refractivity contribution in [3.8, 4) is 0 Å². The van der Waals surface area contributed by atoms with Crippen LogP contribution in [-0.4, -0.2) is 31.9 Å². The van der Waals surface area contributed by atoms with Crippen LogP contribution >= 0.6 is 12.2 Å². The van der Waals surface area contributed by atoms with Gasteiger partial charge in [-0.1, -0.05) is 13.3 Å². The van der Waals surface area contributed by atoms with Crippen LogP contribution in [0.15, 0.2) is 0 Å². The highest BCUT2D eigenvalue weighted by atomic mass is 32.1. The summed E-state index contributed by atoms with van der Waals surface area (Å²) in [6.45, 7) is 4.99. The lowest BCUT2D eigenvalue weighted by Gasteiger charge is -2.38. The fraction of sp³-hybridized carbons (Fsp3) is 0.909. The summed E-state index contributed by atoms with van der Waals surface area (Å²) in [5.41, 5.74) is 0.484. The largest absolute Gasteiger partial charge is 0.385 e. The van der Waals surface area contributed by atoms with E-state index in [9.17, 15) is 0 Å². The zero-order valence-corrected chi connectivity index (χ0v) is 10.6. The first-order chi connectivity index (χ1) is 7.16. The normalized spacial score (nSPS) is 18.0. The van der Waals surface area contributed by atoms with Crippen molar-refractivity contribution >= 4 is 17.3 Å². The van der Waals surface area contributed by atoms with Crippen LogP contribution in [0.2, 0.25) is 0 Å². The molecule has 0 bridgehead atoms. The third-order valence-electron chi connectivity index (χ3n) is 3.05. The van der Waals surface area contributed by atoms with Gasteiger partial charge in [0.15, 0.2) is 5.11 Å². The van der Waals surface area contributed by atoms with Crippen LogP contribution in [-0.2, 0) is 4.74 Å². The Bertz CT molecular complexity index is 205. The molecule has 1 saturated carbocycles. The van der Waals surface area contributed by atoms with Crippen molar-refractivity contribution in [2.75, 3.05) is 26.8 Å². The van der Waals surface area contributed by atoms with E-state index >= 15 is 0 Å². The van der Waals surface area contributed by atoms with Gasteiger partial charge in [-0.2, -0.15) is 0 Å². The molecule has 1 fully saturated rings. The number of nitrogens with one attached hydrogen (secondary N) is 2. The fourth-order valence-corrected chi connectivity index (χ4v) is 1.91. The molecule has 4 heteroatoms. The molecule has 0 spiro atoms. The van der Waals surface area contributed by atoms with Crippen LogP contribution in [0.3, 0.4) is 0 Å². The molecule has 0 radical (unpaired) electrons. The molecule has 2 N–H and O–H groups in total. The topological polar surface area (TPSA) is 33.3 Å². The van der Waals surface area contributed by atoms with Crippen molar-refractivity contribution in [2.24, 2.45) is 5.41 Å². The summed E-state index contributed by atoms with van der Waals surface area (Å²) in [7, 11) is 1.72. The van der Waals surface area contributed by atoms with Crippen LogP contribution in [0.4, 0.5) is 0 Å². The van der Waals surface area contributed by atoms with Gasteiger partial charge in [0.1, 0.15) is 0 Å². The number of thiocarbonyl (C=S) groups is 1. The molecular formula is C11H22N2OS. The van der Waals surface area contributed by atoms with Crippen LogP contribution < -0.4 is 10.6 Å². The minimum Gasteiger partial charge on any atom is -0.385 e. The van der Waals surface area contributed by atoms with Gasteiger partial charge in [0, 0.05) is 26.8 Å². The van der Waals surface area contributed by atoms with E-state index in [0.29, 0.717) is 5.41 Å². The number of rotatable bonds is 6. The van der Waals surface area contributed by atoms with Crippen LogP contribution in [0.1, 0.15) is 32.6 Å². The number of hydrogen-bond donors (Lipinski definition) is 2. The third kappa shape index (κ3) is 4.80. The van der Waals surface area contributed by atoms with Crippen molar-refractivity contribution in [2.45, 2.75) is 32.6 Å². The second-order valence-corrected chi connectivity index (χ2v) is 5.03. The molecule has 0 unspecified atom stereocenters. The van der Waals surface area contributed by atoms with Gasteiger partial charge in [0.25, 0.3) is 0 Å². The van der Waals surface area contributed by atoms with Crippen LogP contribution in [0, 0.1) is 5.41 Å². The quantitative estimate of drug-likeness (QED) is 0.537. The predicted octanol–water partition coefficient (Wildman–Crippen LogP) is 1.68. The average Bonchev–Trinajstić information content (AvgIpc) is 2.19. The lowest BCUT2D eigenvalue weighted by Crippen LogP contribution is -2.44. The minimum atomic E-state index is 0.484. The maximum absolute atomic E-state index is 5.18. The highest BCUT2D eigenvalue weighted by molar-refractivity contribution is 7.80. The zero-order chi connectivity index (χ0) is 11.1. The first-order valence-corrected chi connectivity index (χ1v) is 6.08. The molecule has 0 amide bonds. The van der Waals surface area contributed by atoms with E-state index in [0.717, 1.165) is 31.2 Å². The van der Waals surface area contributed by atoms with Gasteiger partial charge in [-0.15, -0.1) is 0 Å². The van der Waals surface area contributed by atoms with E-state index in [-0.39, 0.29) is 0 Å². The van der Waals surface area contributed by atoms with Crippen LogP contribution in [0.5, 0.6) is 0 Å². The lowest BCUT2D eigenvalue weighted by molar-refractivity contribution is 0.165. The fourth-order valence-electron chi connectivity index (χ4n) is 1.73. The van der Waals surface area contributed by atoms with E-state index in [2.05, 4.69) is 17.6 Å². The standard InChI is InChI=1S/C11H22N2OS/c1-11(5-3-6-11)9-13-10(15)12-7-4-8-14-2/h3-9H2,1-2H3,(H2,12,13,15). The molecule has 1 aliphatic carbocycles. The molecule has 0 atom stereocenters. The first kappa shape index (κ1) is 12.7. The second-order valence-electron chi connectivity index (χ2n) is 4.62. The van der Waals surface area contributed by atoms with Gasteiger partial charge in [0.05, 0.1) is 0 Å². The number of ether oxygens (including phenoxy) is 1. The highest BCUT2D eigenvalue weighted by Crippen LogP contribution is 2.39. The van der Waals surface area contributed by atoms with Crippen LogP contribution in [0.25, 0.3) is 0 Å². The number of hydrogen-bond acceptors (Lipinski definition) is 2. The summed E-state index contributed by atoms with van der Waals surface area (Å²) >= 11 is 5.18. The highest BCUT2D eigenvalue weighted by Gasteiger charge is 2.31. The van der Waals surface area contributed by atoms with Gasteiger partial charge in [0.2, 0.25) is 0 Å². The summed E-state index contributed by atoms with van der Waals surface area (Å²) < 4.78 is 4.96. The molecule has 0 aliphatic heterocycles. The molecule has 0 aromatic rings. The first-order valence-electron chi connectivity index (χ1n) is 5.67. The van der Waals surface area contributed by atoms with E-state index in [4.69, 9.17) is 17.0 Å². The van der Waals surface area contributed by atoms with E-state index < -0.39 is 0 Å². The molecule has 1 aliphatic rings. The summed E-state index contributed by atoms with van der Waals surface area (Å²) in [6, 6.07) is 0. The molecule has 0 saturated heterocycles. The van der Waals surface area contributed by atoms with Gasteiger partial charge >= 0.3 is 0 Å². The maximum atomic E-state index is 5.18. The molecule has 3 nitrogen and oxygen atoms in total. The summed E-state index contributed by atoms with van der Waals surface area (Å²) in [5.74, 6) is 0. The Morgan fingerprint density at radius 2 is 2.13 bits per heavy atom. The molecular weight excluding hydrogens is 208 g/mol. The lowest BCUT2D eigenvalue weighted by atomic mass is 9.70. The Labute approximate surface area is 98.0 Å². The Balaban J connectivity index is 1.98. The average molecular weight is 230 g/mol. The molecule has 15 heavy (non-hydrogen) atoms. The molecule has 1 rings (SSSR count). The van der Waals surface area contributed by atoms with E-state index in [1.165, 1.54) is 19.3 Å². The van der Waals surface area contributed by atoms with Crippen molar-refractivity contribution in [3.63, 3.8) is 0 Å². The molecule has 88 valence electrons. The Kier molecular flexibility index (Phi) is 5.32. The Hall–Kier alpha value is -0.350. The number of methoxy groups -OCH3 is 1. The summed E-state index contributed by atoms with van der Waals surface area (Å²) in [4.78, 5) is 0. The van der Waals surface area contributed by atoms with Gasteiger partial charge < -0.3 is 15.4 Å². The SMILES string of the molecule is COCCCNC(=S)NCC1(C)CCC1. The van der Waals surface area contributed by atoms with Gasteiger partial charge in [-0.05, 0) is 36.9 Å². The predicted molar refractivity (Wildman–Crippen MR) is 67.1 cm³/mol. The van der Waals surface area contributed by atoms with Gasteiger partial charge in [-0.3, -0.25) is 0 Å². The van der Waals surface area contributed by atoms with Crippen molar-refractivity contribution in [1.29, 1.82) is 0 Å². The molecule has 0 aromatic heterocycles. The van der Waals surface area contributed by atoms with Crippen molar-refractivity contribution in [3.05, 3.63) is 0 Å². The second kappa shape index (κ2) is 6.28. The van der Waals surface area contributed by atoms with Crippen molar-refractivity contribution < 1.29 is 4.74 Å². The minimum absolute atomic E-state index is 0.484. The Morgan fingerprint density at radius 1 is 1.40 bits per heavy atom. The molecule has 0 heterocycles. The summed E-state index contributed by atoms with van der Waals surface area (Å²) in [6.07, 6.45) is 5.01. The molecule has 0 aromatic carbocycles. The van der Waals surface area contributed by atoms with E-state index in [1.807, 2.05) is 0 Å². The van der Waals surface area contributed by atoms with E-state index in [1.54, 1.807) is 7.11 Å². The Morgan fingerprint density at radius 3 is 2.67 bits per heavy atom. The monoisotopic (exact) mass is 230 g/mol. The summed E-state index contributed by atoms with van der Waals surface area (Å²) in [5, 5.41) is 7.24. The maximum Gasteiger partial charge on any atom is 0.166 e. The van der Waals surface area contributed by atoms with Gasteiger partial charge in [-0.25, -0.2) is 0 Å². The smallest absolute Gasteiger partial charge is 0.166 e. The third-order valence-corrected chi connectivity index (χ3v) is 3.34. The van der Waals surface area contributed by atoms with Crippen molar-refractivity contribution in [1.82, 2.24) is 10.6 Å².